The van der Waals surface area contributed by atoms with Crippen LogP contribution < -0.4 is 10.5 Å². The molecule has 0 aliphatic heterocycles. The van der Waals surface area contributed by atoms with Gasteiger partial charge in [-0.1, -0.05) is 13.8 Å². The van der Waals surface area contributed by atoms with E-state index in [1.807, 2.05) is 0 Å². The number of hydrogen-bond acceptors (Lipinski definition) is 4. The third-order valence-electron chi connectivity index (χ3n) is 3.38. The Labute approximate surface area is 108 Å². The first-order valence-corrected chi connectivity index (χ1v) is 7.51. The van der Waals surface area contributed by atoms with Gasteiger partial charge in [-0.15, -0.1) is 0 Å². The molecule has 2 rings (SSSR count). The third kappa shape index (κ3) is 2.81. The van der Waals surface area contributed by atoms with Crippen molar-refractivity contribution in [2.45, 2.75) is 44.0 Å². The summed E-state index contributed by atoms with van der Waals surface area (Å²) in [4.78, 5) is 3.87. The molecule has 1 aromatic rings. The highest BCUT2D eigenvalue weighted by molar-refractivity contribution is 7.89. The minimum absolute atomic E-state index is 0.00962. The zero-order valence-electron chi connectivity index (χ0n) is 10.7. The van der Waals surface area contributed by atoms with E-state index in [1.54, 1.807) is 6.07 Å². The standard InChI is InChI=1S/C12H19N3O2S/c1-12(2)6-5-9(8-12)15-18(16,17)10-4-3-7-14-11(10)13/h3-4,7,9,15H,5-6,8H2,1-2H3,(H2,13,14). The lowest BCUT2D eigenvalue weighted by Crippen LogP contribution is -2.34. The van der Waals surface area contributed by atoms with Gasteiger partial charge in [0.1, 0.15) is 10.7 Å². The molecule has 0 spiro atoms. The maximum absolute atomic E-state index is 12.2. The number of pyridine rings is 1. The fourth-order valence-electron chi connectivity index (χ4n) is 2.45. The summed E-state index contributed by atoms with van der Waals surface area (Å²) in [5, 5.41) is 0. The minimum Gasteiger partial charge on any atom is -0.383 e. The summed E-state index contributed by atoms with van der Waals surface area (Å²) in [6.45, 7) is 4.31. The highest BCUT2D eigenvalue weighted by Gasteiger charge is 2.33. The van der Waals surface area contributed by atoms with Crippen molar-refractivity contribution in [3.05, 3.63) is 18.3 Å². The van der Waals surface area contributed by atoms with Gasteiger partial charge in [0.15, 0.2) is 0 Å². The maximum Gasteiger partial charge on any atom is 0.244 e. The van der Waals surface area contributed by atoms with Gasteiger partial charge in [-0.3, -0.25) is 0 Å². The lowest BCUT2D eigenvalue weighted by molar-refractivity contribution is 0.372. The van der Waals surface area contributed by atoms with Crippen molar-refractivity contribution in [2.75, 3.05) is 5.73 Å². The molecule has 18 heavy (non-hydrogen) atoms. The van der Waals surface area contributed by atoms with Crippen molar-refractivity contribution in [1.82, 2.24) is 9.71 Å². The molecule has 0 radical (unpaired) electrons. The molecule has 3 N–H and O–H groups in total. The van der Waals surface area contributed by atoms with E-state index in [4.69, 9.17) is 5.73 Å². The van der Waals surface area contributed by atoms with E-state index in [2.05, 4.69) is 23.6 Å². The van der Waals surface area contributed by atoms with Crippen molar-refractivity contribution in [1.29, 1.82) is 0 Å². The van der Waals surface area contributed by atoms with E-state index in [0.29, 0.717) is 0 Å². The van der Waals surface area contributed by atoms with Gasteiger partial charge < -0.3 is 5.73 Å². The summed E-state index contributed by atoms with van der Waals surface area (Å²) in [5.74, 6) is 0.0438. The molecular formula is C12H19N3O2S. The molecule has 1 aliphatic rings. The zero-order valence-corrected chi connectivity index (χ0v) is 11.5. The Morgan fingerprint density at radius 2 is 2.22 bits per heavy atom. The Morgan fingerprint density at radius 3 is 2.78 bits per heavy atom. The molecule has 1 heterocycles. The number of nitrogens with one attached hydrogen (secondary N) is 1. The van der Waals surface area contributed by atoms with Crippen LogP contribution in [0.15, 0.2) is 23.2 Å². The average Bonchev–Trinajstić information content (AvgIpc) is 2.57. The van der Waals surface area contributed by atoms with Gasteiger partial charge in [0.25, 0.3) is 0 Å². The van der Waals surface area contributed by atoms with Gasteiger partial charge in [-0.2, -0.15) is 0 Å². The van der Waals surface area contributed by atoms with E-state index >= 15 is 0 Å². The molecule has 1 saturated carbocycles. The SMILES string of the molecule is CC1(C)CCC(NS(=O)(=O)c2cccnc2N)C1. The van der Waals surface area contributed by atoms with Crippen molar-refractivity contribution < 1.29 is 8.42 Å². The first-order chi connectivity index (χ1) is 8.30. The fourth-order valence-corrected chi connectivity index (χ4v) is 3.80. The van der Waals surface area contributed by atoms with Crippen LogP contribution in [0.3, 0.4) is 0 Å². The lowest BCUT2D eigenvalue weighted by Gasteiger charge is -2.18. The third-order valence-corrected chi connectivity index (χ3v) is 4.95. The Bertz CT molecular complexity index is 540. The molecule has 1 unspecified atom stereocenters. The number of nitrogens with zero attached hydrogens (tertiary/aromatic N) is 1. The van der Waals surface area contributed by atoms with Gasteiger partial charge in [-0.25, -0.2) is 18.1 Å². The van der Waals surface area contributed by atoms with E-state index < -0.39 is 10.0 Å². The molecule has 6 heteroatoms. The molecule has 0 aromatic carbocycles. The van der Waals surface area contributed by atoms with Crippen LogP contribution in [-0.2, 0) is 10.0 Å². The van der Waals surface area contributed by atoms with Crippen molar-refractivity contribution >= 4 is 15.8 Å². The van der Waals surface area contributed by atoms with E-state index in [1.165, 1.54) is 12.3 Å². The first kappa shape index (κ1) is 13.3. The second kappa shape index (κ2) is 4.51. The normalized spacial score (nSPS) is 23.1. The molecule has 1 aromatic heterocycles. The summed E-state index contributed by atoms with van der Waals surface area (Å²) < 4.78 is 27.1. The number of nitrogens with two attached hydrogens (primary N) is 1. The van der Waals surface area contributed by atoms with Crippen LogP contribution in [0.25, 0.3) is 0 Å². The van der Waals surface area contributed by atoms with E-state index in [0.717, 1.165) is 19.3 Å². The van der Waals surface area contributed by atoms with Crippen LogP contribution in [0, 0.1) is 5.41 Å². The zero-order chi connectivity index (χ0) is 13.4. The molecule has 1 aliphatic carbocycles. The number of rotatable bonds is 3. The van der Waals surface area contributed by atoms with Crippen LogP contribution in [0.1, 0.15) is 33.1 Å². The Balaban J connectivity index is 2.17. The molecule has 0 saturated heterocycles. The first-order valence-electron chi connectivity index (χ1n) is 6.03. The second-order valence-electron chi connectivity index (χ2n) is 5.61. The second-order valence-corrected chi connectivity index (χ2v) is 7.29. The van der Waals surface area contributed by atoms with E-state index in [-0.39, 0.29) is 22.2 Å². The van der Waals surface area contributed by atoms with E-state index in [9.17, 15) is 8.42 Å². The predicted molar refractivity (Wildman–Crippen MR) is 70.4 cm³/mol. The monoisotopic (exact) mass is 269 g/mol. The average molecular weight is 269 g/mol. The van der Waals surface area contributed by atoms with Crippen LogP contribution in [0.4, 0.5) is 5.82 Å². The van der Waals surface area contributed by atoms with Crippen LogP contribution in [-0.4, -0.2) is 19.4 Å². The fraction of sp³-hybridized carbons (Fsp3) is 0.583. The van der Waals surface area contributed by atoms with Crippen LogP contribution >= 0.6 is 0 Å². The van der Waals surface area contributed by atoms with Crippen LogP contribution in [0.5, 0.6) is 0 Å². The molecule has 0 bridgehead atoms. The van der Waals surface area contributed by atoms with Crippen LogP contribution in [0.2, 0.25) is 0 Å². The highest BCUT2D eigenvalue weighted by atomic mass is 32.2. The number of sulfonamides is 1. The van der Waals surface area contributed by atoms with Gasteiger partial charge in [0, 0.05) is 12.2 Å². The Morgan fingerprint density at radius 1 is 1.50 bits per heavy atom. The van der Waals surface area contributed by atoms with Gasteiger partial charge >= 0.3 is 0 Å². The highest BCUT2D eigenvalue weighted by Crippen LogP contribution is 2.37. The summed E-state index contributed by atoms with van der Waals surface area (Å²) in [6.07, 6.45) is 4.23. The number of nitrogen functional groups attached to an aromatic ring is 1. The van der Waals surface area contributed by atoms with Gasteiger partial charge in [-0.05, 0) is 36.8 Å². The topological polar surface area (TPSA) is 85.1 Å². The molecule has 0 amide bonds. The largest absolute Gasteiger partial charge is 0.383 e. The Hall–Kier alpha value is -1.14. The summed E-state index contributed by atoms with van der Waals surface area (Å²) >= 11 is 0. The van der Waals surface area contributed by atoms with Gasteiger partial charge in [0.2, 0.25) is 10.0 Å². The van der Waals surface area contributed by atoms with Gasteiger partial charge in [0.05, 0.1) is 0 Å². The molecule has 100 valence electrons. The molecule has 1 fully saturated rings. The number of hydrogen-bond donors (Lipinski definition) is 2. The Kier molecular flexibility index (Phi) is 3.33. The number of aromatic nitrogens is 1. The molecule has 5 nitrogen and oxygen atoms in total. The summed E-state index contributed by atoms with van der Waals surface area (Å²) in [6, 6.07) is 3.04. The number of anilines is 1. The lowest BCUT2D eigenvalue weighted by atomic mass is 9.92. The van der Waals surface area contributed by atoms with Crippen molar-refractivity contribution in [3.63, 3.8) is 0 Å². The van der Waals surface area contributed by atoms with Crippen molar-refractivity contribution in [3.8, 4) is 0 Å². The predicted octanol–water partition coefficient (Wildman–Crippen LogP) is 1.52. The quantitative estimate of drug-likeness (QED) is 0.871. The minimum atomic E-state index is -3.56. The molecule has 1 atom stereocenters. The smallest absolute Gasteiger partial charge is 0.244 e. The van der Waals surface area contributed by atoms with Crippen molar-refractivity contribution in [2.24, 2.45) is 5.41 Å². The molecular weight excluding hydrogens is 250 g/mol. The maximum atomic E-state index is 12.2. The summed E-state index contributed by atoms with van der Waals surface area (Å²) in [7, 11) is -3.56. The summed E-state index contributed by atoms with van der Waals surface area (Å²) in [5.41, 5.74) is 5.81.